The van der Waals surface area contributed by atoms with Crippen molar-refractivity contribution in [3.63, 3.8) is 0 Å². The van der Waals surface area contributed by atoms with E-state index in [1.807, 2.05) is 41.8 Å². The predicted molar refractivity (Wildman–Crippen MR) is 96.3 cm³/mol. The summed E-state index contributed by atoms with van der Waals surface area (Å²) in [6.07, 6.45) is 1.86. The third kappa shape index (κ3) is 3.80. The summed E-state index contributed by atoms with van der Waals surface area (Å²) in [5, 5.41) is 1.97. The van der Waals surface area contributed by atoms with Crippen molar-refractivity contribution in [2.24, 2.45) is 0 Å². The van der Waals surface area contributed by atoms with Gasteiger partial charge in [-0.15, -0.1) is 11.3 Å². The fraction of sp³-hybridized carbons (Fsp3) is 0.412. The third-order valence-corrected chi connectivity index (χ3v) is 6.96. The maximum atomic E-state index is 13.1. The van der Waals surface area contributed by atoms with Gasteiger partial charge in [0.05, 0.1) is 7.11 Å². The number of ether oxygens (including phenoxy) is 1. The van der Waals surface area contributed by atoms with Crippen LogP contribution in [0.1, 0.15) is 23.3 Å². The number of rotatable bonds is 7. The number of methoxy groups -OCH3 is 1. The lowest BCUT2D eigenvalue weighted by atomic mass is 10.2. The Hall–Kier alpha value is -1.41. The predicted octanol–water partition coefficient (Wildman–Crippen LogP) is 3.10. The number of benzene rings is 1. The Morgan fingerprint density at radius 3 is 2.54 bits per heavy atom. The van der Waals surface area contributed by atoms with Crippen molar-refractivity contribution in [1.29, 1.82) is 0 Å². The molecule has 1 saturated heterocycles. The first kappa shape index (κ1) is 17.4. The maximum Gasteiger partial charge on any atom is 0.282 e. The van der Waals surface area contributed by atoms with Crippen LogP contribution in [0.2, 0.25) is 0 Å². The van der Waals surface area contributed by atoms with Gasteiger partial charge >= 0.3 is 0 Å². The van der Waals surface area contributed by atoms with E-state index in [1.54, 1.807) is 27.1 Å². The molecule has 1 aliphatic heterocycles. The molecule has 2 heterocycles. The molecule has 0 N–H and O–H groups in total. The highest BCUT2D eigenvalue weighted by Gasteiger charge is 2.32. The Morgan fingerprint density at radius 2 is 1.88 bits per heavy atom. The van der Waals surface area contributed by atoms with Gasteiger partial charge in [0.15, 0.2) is 0 Å². The van der Waals surface area contributed by atoms with E-state index in [0.717, 1.165) is 23.3 Å². The summed E-state index contributed by atoms with van der Waals surface area (Å²) in [6, 6.07) is 11.5. The highest BCUT2D eigenvalue weighted by atomic mass is 32.2. The Morgan fingerprint density at radius 1 is 1.12 bits per heavy atom. The number of hydrogen-bond donors (Lipinski definition) is 0. The lowest BCUT2D eigenvalue weighted by Crippen LogP contribution is -2.41. The second-order valence-electron chi connectivity index (χ2n) is 5.77. The molecule has 0 saturated carbocycles. The van der Waals surface area contributed by atoms with Crippen molar-refractivity contribution in [2.45, 2.75) is 25.9 Å². The molecule has 2 aromatic rings. The minimum absolute atomic E-state index is 0.306. The molecule has 3 rings (SSSR count). The Bertz CT molecular complexity index is 754. The van der Waals surface area contributed by atoms with Gasteiger partial charge in [0, 0.05) is 36.6 Å². The van der Waals surface area contributed by atoms with Gasteiger partial charge in [-0.3, -0.25) is 0 Å². The zero-order valence-corrected chi connectivity index (χ0v) is 15.4. The lowest BCUT2D eigenvalue weighted by molar-refractivity contribution is 0.343. The van der Waals surface area contributed by atoms with Crippen LogP contribution in [0.3, 0.4) is 0 Å². The summed E-state index contributed by atoms with van der Waals surface area (Å²) in [7, 11) is -1.87. The number of para-hydroxylation sites is 1. The number of hydrogen-bond acceptors (Lipinski definition) is 4. The quantitative estimate of drug-likeness (QED) is 0.757. The van der Waals surface area contributed by atoms with E-state index in [1.165, 1.54) is 0 Å². The summed E-state index contributed by atoms with van der Waals surface area (Å²) >= 11 is 1.57. The van der Waals surface area contributed by atoms with Crippen molar-refractivity contribution in [2.75, 3.05) is 20.2 Å². The maximum absolute atomic E-state index is 13.1. The fourth-order valence-corrected chi connectivity index (χ4v) is 5.35. The molecule has 1 aromatic carbocycles. The van der Waals surface area contributed by atoms with Gasteiger partial charge in [-0.1, -0.05) is 24.3 Å². The van der Waals surface area contributed by atoms with Gasteiger partial charge in [-0.2, -0.15) is 17.0 Å². The smallest absolute Gasteiger partial charge is 0.282 e. The van der Waals surface area contributed by atoms with Crippen molar-refractivity contribution in [3.05, 3.63) is 52.2 Å². The molecule has 0 atom stereocenters. The fourth-order valence-electron chi connectivity index (χ4n) is 2.90. The first-order chi connectivity index (χ1) is 11.6. The Balaban J connectivity index is 1.89. The zero-order valence-electron chi connectivity index (χ0n) is 13.7. The first-order valence-corrected chi connectivity index (χ1v) is 10.3. The van der Waals surface area contributed by atoms with Crippen LogP contribution in [0.5, 0.6) is 5.75 Å². The molecule has 5 nitrogen and oxygen atoms in total. The molecule has 0 bridgehead atoms. The molecule has 0 radical (unpaired) electrons. The minimum atomic E-state index is -3.48. The summed E-state index contributed by atoms with van der Waals surface area (Å²) in [5.74, 6) is 0.713. The molecule has 1 aliphatic rings. The van der Waals surface area contributed by atoms with Crippen LogP contribution in [-0.2, 0) is 23.3 Å². The molecule has 24 heavy (non-hydrogen) atoms. The van der Waals surface area contributed by atoms with Crippen molar-refractivity contribution in [1.82, 2.24) is 8.61 Å². The van der Waals surface area contributed by atoms with E-state index in [2.05, 4.69) is 0 Å². The summed E-state index contributed by atoms with van der Waals surface area (Å²) < 4.78 is 34.7. The molecule has 0 amide bonds. The van der Waals surface area contributed by atoms with Crippen LogP contribution < -0.4 is 4.74 Å². The number of thiophene rings is 1. The van der Waals surface area contributed by atoms with E-state index in [0.29, 0.717) is 31.9 Å². The van der Waals surface area contributed by atoms with Gasteiger partial charge < -0.3 is 4.74 Å². The van der Waals surface area contributed by atoms with Crippen molar-refractivity contribution >= 4 is 21.5 Å². The SMILES string of the molecule is COc1ccccc1CN(Cc1cccs1)S(=O)(=O)N1CCCC1. The molecular formula is C17H22N2O3S2. The first-order valence-electron chi connectivity index (χ1n) is 8.01. The van der Waals surface area contributed by atoms with E-state index >= 15 is 0 Å². The Kier molecular flexibility index (Phi) is 5.55. The van der Waals surface area contributed by atoms with Crippen LogP contribution in [0.25, 0.3) is 0 Å². The second kappa shape index (κ2) is 7.65. The van der Waals surface area contributed by atoms with Gasteiger partial charge in [0.25, 0.3) is 10.2 Å². The average Bonchev–Trinajstić information content (AvgIpc) is 3.28. The summed E-state index contributed by atoms with van der Waals surface area (Å²) in [6.45, 7) is 1.90. The third-order valence-electron chi connectivity index (χ3n) is 4.17. The van der Waals surface area contributed by atoms with Crippen LogP contribution >= 0.6 is 11.3 Å². The summed E-state index contributed by atoms with van der Waals surface area (Å²) in [5.41, 5.74) is 0.874. The largest absolute Gasteiger partial charge is 0.496 e. The molecule has 7 heteroatoms. The van der Waals surface area contributed by atoms with Gasteiger partial charge in [-0.05, 0) is 30.4 Å². The molecule has 1 fully saturated rings. The summed E-state index contributed by atoms with van der Waals surface area (Å²) in [4.78, 5) is 1.03. The lowest BCUT2D eigenvalue weighted by Gasteiger charge is -2.27. The zero-order chi connectivity index (χ0) is 17.0. The van der Waals surface area contributed by atoms with E-state index in [9.17, 15) is 8.42 Å². The average molecular weight is 367 g/mol. The van der Waals surface area contributed by atoms with Gasteiger partial charge in [0.2, 0.25) is 0 Å². The van der Waals surface area contributed by atoms with Crippen molar-refractivity contribution in [3.8, 4) is 5.75 Å². The van der Waals surface area contributed by atoms with Crippen LogP contribution in [0.15, 0.2) is 41.8 Å². The number of nitrogens with zero attached hydrogens (tertiary/aromatic N) is 2. The van der Waals surface area contributed by atoms with Gasteiger partial charge in [-0.25, -0.2) is 0 Å². The standard InChI is InChI=1S/C17H22N2O3S2/c1-22-17-9-3-2-7-15(17)13-19(14-16-8-6-12-23-16)24(20,21)18-10-4-5-11-18/h2-3,6-9,12H,4-5,10-11,13-14H2,1H3. The highest BCUT2D eigenvalue weighted by Crippen LogP contribution is 2.26. The van der Waals surface area contributed by atoms with Crippen molar-refractivity contribution < 1.29 is 13.2 Å². The molecule has 1 aromatic heterocycles. The van der Waals surface area contributed by atoms with E-state index < -0.39 is 10.2 Å². The molecule has 0 aliphatic carbocycles. The van der Waals surface area contributed by atoms with Crippen LogP contribution in [0, 0.1) is 0 Å². The normalized spacial score (nSPS) is 15.9. The monoisotopic (exact) mass is 366 g/mol. The second-order valence-corrected chi connectivity index (χ2v) is 8.73. The minimum Gasteiger partial charge on any atom is -0.496 e. The van der Waals surface area contributed by atoms with E-state index in [-0.39, 0.29) is 0 Å². The van der Waals surface area contributed by atoms with Gasteiger partial charge in [0.1, 0.15) is 5.75 Å². The van der Waals surface area contributed by atoms with E-state index in [4.69, 9.17) is 4.74 Å². The molecular weight excluding hydrogens is 344 g/mol. The van der Waals surface area contributed by atoms with Crippen LogP contribution in [0.4, 0.5) is 0 Å². The molecule has 0 unspecified atom stereocenters. The van der Waals surface area contributed by atoms with Crippen LogP contribution in [-0.4, -0.2) is 37.2 Å². The Labute approximate surface area is 147 Å². The topological polar surface area (TPSA) is 49.9 Å². The molecule has 130 valence electrons. The highest BCUT2D eigenvalue weighted by molar-refractivity contribution is 7.86. The molecule has 0 spiro atoms.